The molecule has 0 saturated heterocycles. The Kier molecular flexibility index (Phi) is 2.26. The summed E-state index contributed by atoms with van der Waals surface area (Å²) in [5.74, 6) is 3.24. The third kappa shape index (κ3) is 1.48. The number of aryl methyl sites for hydroxylation is 1. The lowest BCUT2D eigenvalue weighted by molar-refractivity contribution is 0.368. The van der Waals surface area contributed by atoms with Crippen molar-refractivity contribution in [1.29, 1.82) is 0 Å². The molecule has 1 aliphatic carbocycles. The number of hydrogen-bond donors (Lipinski definition) is 0. The van der Waals surface area contributed by atoms with Gasteiger partial charge in [0.15, 0.2) is 0 Å². The minimum absolute atomic E-state index is 0.619. The van der Waals surface area contributed by atoms with Gasteiger partial charge in [0.05, 0.1) is 0 Å². The summed E-state index contributed by atoms with van der Waals surface area (Å²) >= 11 is 0. The second kappa shape index (κ2) is 3.62. The van der Waals surface area contributed by atoms with E-state index in [2.05, 4.69) is 21.7 Å². The molecule has 0 N–H and O–H groups in total. The summed E-state index contributed by atoms with van der Waals surface area (Å²) < 4.78 is 2.44. The molecule has 0 amide bonds. The van der Waals surface area contributed by atoms with E-state index in [1.165, 1.54) is 50.2 Å². The predicted octanol–water partition coefficient (Wildman–Crippen LogP) is 2.83. The first-order valence-corrected chi connectivity index (χ1v) is 6.30. The first-order chi connectivity index (χ1) is 7.36. The predicted molar refractivity (Wildman–Crippen MR) is 58.9 cm³/mol. The second-order valence-electron chi connectivity index (χ2n) is 5.07. The Hall–Kier alpha value is -0.860. The van der Waals surface area contributed by atoms with Crippen LogP contribution in [0.25, 0.3) is 0 Å². The lowest BCUT2D eigenvalue weighted by Crippen LogP contribution is -2.18. The molecule has 3 rings (SSSR count). The molecule has 1 atom stereocenters. The molecular formula is C12H19N3. The van der Waals surface area contributed by atoms with Crippen LogP contribution in [0.5, 0.6) is 0 Å². The van der Waals surface area contributed by atoms with Gasteiger partial charge in [0.1, 0.15) is 11.6 Å². The van der Waals surface area contributed by atoms with E-state index < -0.39 is 0 Å². The van der Waals surface area contributed by atoms with Crippen LogP contribution in [0.1, 0.15) is 69.1 Å². The minimum Gasteiger partial charge on any atom is -0.312 e. The van der Waals surface area contributed by atoms with Gasteiger partial charge in [-0.1, -0.05) is 12.8 Å². The molecule has 1 saturated carbocycles. The molecule has 0 radical (unpaired) electrons. The van der Waals surface area contributed by atoms with Gasteiger partial charge < -0.3 is 4.57 Å². The first kappa shape index (κ1) is 9.37. The van der Waals surface area contributed by atoms with Gasteiger partial charge in [0.2, 0.25) is 0 Å². The van der Waals surface area contributed by atoms with E-state index in [1.807, 2.05) is 0 Å². The number of nitrogens with zero attached hydrogens (tertiary/aromatic N) is 3. The third-order valence-electron chi connectivity index (χ3n) is 3.98. The monoisotopic (exact) mass is 205 g/mol. The van der Waals surface area contributed by atoms with Gasteiger partial charge in [-0.3, -0.25) is 0 Å². The quantitative estimate of drug-likeness (QED) is 0.705. The van der Waals surface area contributed by atoms with Crippen molar-refractivity contribution in [3.8, 4) is 0 Å². The molecule has 0 bridgehead atoms. The maximum absolute atomic E-state index is 4.42. The lowest BCUT2D eigenvalue weighted by atomic mass is 9.84. The highest BCUT2D eigenvalue weighted by atomic mass is 15.3. The van der Waals surface area contributed by atoms with Crippen molar-refractivity contribution in [1.82, 2.24) is 14.8 Å². The maximum Gasteiger partial charge on any atom is 0.136 e. The van der Waals surface area contributed by atoms with Crippen molar-refractivity contribution in [3.63, 3.8) is 0 Å². The van der Waals surface area contributed by atoms with Crippen molar-refractivity contribution in [2.45, 2.75) is 63.8 Å². The zero-order chi connectivity index (χ0) is 10.3. The molecule has 0 aromatic carbocycles. The first-order valence-electron chi connectivity index (χ1n) is 6.30. The summed E-state index contributed by atoms with van der Waals surface area (Å²) in [6.07, 6.45) is 9.08. The number of rotatable bonds is 1. The highest BCUT2D eigenvalue weighted by Gasteiger charge is 2.28. The van der Waals surface area contributed by atoms with Gasteiger partial charge in [-0.15, -0.1) is 10.2 Å². The van der Waals surface area contributed by atoms with Crippen molar-refractivity contribution < 1.29 is 0 Å². The van der Waals surface area contributed by atoms with E-state index in [1.54, 1.807) is 0 Å². The van der Waals surface area contributed by atoms with Crippen LogP contribution in [0.3, 0.4) is 0 Å². The summed E-state index contributed by atoms with van der Waals surface area (Å²) in [6.45, 7) is 2.32. The normalized spacial score (nSPS) is 26.9. The van der Waals surface area contributed by atoms with Crippen LogP contribution in [0, 0.1) is 0 Å². The Bertz CT molecular complexity index is 352. The number of hydrogen-bond acceptors (Lipinski definition) is 2. The topological polar surface area (TPSA) is 30.7 Å². The standard InChI is InChI=1S/C12H19N3/c1-9-5-2-3-8-11-13-14-12(15(9)11)10-6-4-7-10/h9-10H,2-8H2,1H3. The molecule has 1 aliphatic heterocycles. The SMILES string of the molecule is CC1CCCCc2nnc(C3CCC3)n21. The van der Waals surface area contributed by atoms with Gasteiger partial charge in [-0.2, -0.15) is 0 Å². The molecule has 2 aliphatic rings. The Morgan fingerprint density at radius 2 is 1.93 bits per heavy atom. The van der Waals surface area contributed by atoms with E-state index in [-0.39, 0.29) is 0 Å². The van der Waals surface area contributed by atoms with Gasteiger partial charge >= 0.3 is 0 Å². The maximum atomic E-state index is 4.42. The highest BCUT2D eigenvalue weighted by Crippen LogP contribution is 2.37. The van der Waals surface area contributed by atoms with E-state index in [0.717, 1.165) is 6.42 Å². The van der Waals surface area contributed by atoms with Crippen LogP contribution in [0.15, 0.2) is 0 Å². The summed E-state index contributed by atoms with van der Waals surface area (Å²) in [7, 11) is 0. The van der Waals surface area contributed by atoms with Crippen molar-refractivity contribution in [2.24, 2.45) is 0 Å². The molecule has 3 heteroatoms. The molecular weight excluding hydrogens is 186 g/mol. The third-order valence-corrected chi connectivity index (χ3v) is 3.98. The zero-order valence-electron chi connectivity index (χ0n) is 9.45. The lowest BCUT2D eigenvalue weighted by Gasteiger charge is -2.27. The van der Waals surface area contributed by atoms with Crippen molar-refractivity contribution in [3.05, 3.63) is 11.6 Å². The number of aromatic nitrogens is 3. The molecule has 3 nitrogen and oxygen atoms in total. The summed E-state index contributed by atoms with van der Waals surface area (Å²) in [5, 5.41) is 8.81. The Morgan fingerprint density at radius 3 is 2.67 bits per heavy atom. The van der Waals surface area contributed by atoms with Gasteiger partial charge in [0.25, 0.3) is 0 Å². The second-order valence-corrected chi connectivity index (χ2v) is 5.07. The minimum atomic E-state index is 0.619. The summed E-state index contributed by atoms with van der Waals surface area (Å²) in [6, 6.07) is 0.619. The number of fused-ring (bicyclic) bond motifs is 1. The van der Waals surface area contributed by atoms with Gasteiger partial charge in [-0.05, 0) is 32.6 Å². The molecule has 82 valence electrons. The fourth-order valence-corrected chi connectivity index (χ4v) is 2.78. The van der Waals surface area contributed by atoms with Crippen molar-refractivity contribution in [2.75, 3.05) is 0 Å². The van der Waals surface area contributed by atoms with Crippen molar-refractivity contribution >= 4 is 0 Å². The van der Waals surface area contributed by atoms with Gasteiger partial charge in [-0.25, -0.2) is 0 Å². The fraction of sp³-hybridized carbons (Fsp3) is 0.833. The largest absolute Gasteiger partial charge is 0.312 e. The Morgan fingerprint density at radius 1 is 1.07 bits per heavy atom. The van der Waals surface area contributed by atoms with Crippen LogP contribution in [-0.4, -0.2) is 14.8 Å². The van der Waals surface area contributed by atoms with E-state index >= 15 is 0 Å². The van der Waals surface area contributed by atoms with Gasteiger partial charge in [0, 0.05) is 18.4 Å². The zero-order valence-corrected chi connectivity index (χ0v) is 9.45. The van der Waals surface area contributed by atoms with E-state index in [0.29, 0.717) is 12.0 Å². The molecule has 0 spiro atoms. The molecule has 1 fully saturated rings. The van der Waals surface area contributed by atoms with Crippen LogP contribution in [0.2, 0.25) is 0 Å². The summed E-state index contributed by atoms with van der Waals surface area (Å²) in [5.41, 5.74) is 0. The van der Waals surface area contributed by atoms with E-state index in [4.69, 9.17) is 0 Å². The Balaban J connectivity index is 1.98. The molecule has 1 unspecified atom stereocenters. The molecule has 1 aromatic rings. The Labute approximate surface area is 90.9 Å². The van der Waals surface area contributed by atoms with Crippen LogP contribution in [0.4, 0.5) is 0 Å². The van der Waals surface area contributed by atoms with E-state index in [9.17, 15) is 0 Å². The van der Waals surface area contributed by atoms with Crippen LogP contribution >= 0.6 is 0 Å². The summed E-state index contributed by atoms with van der Waals surface area (Å²) in [4.78, 5) is 0. The van der Waals surface area contributed by atoms with Crippen LogP contribution in [-0.2, 0) is 6.42 Å². The molecule has 15 heavy (non-hydrogen) atoms. The average molecular weight is 205 g/mol. The smallest absolute Gasteiger partial charge is 0.136 e. The fourth-order valence-electron chi connectivity index (χ4n) is 2.78. The molecule has 2 heterocycles. The van der Waals surface area contributed by atoms with Crippen LogP contribution < -0.4 is 0 Å². The average Bonchev–Trinajstić information content (AvgIpc) is 2.44. The molecule has 1 aromatic heterocycles. The highest BCUT2D eigenvalue weighted by molar-refractivity contribution is 5.08.